The van der Waals surface area contributed by atoms with Gasteiger partial charge in [0.05, 0.1) is 11.7 Å². The van der Waals surface area contributed by atoms with Crippen LogP contribution in [0, 0.1) is 35.0 Å². The van der Waals surface area contributed by atoms with Crippen molar-refractivity contribution in [1.29, 1.82) is 0 Å². The van der Waals surface area contributed by atoms with Gasteiger partial charge in [-0.15, -0.1) is 0 Å². The monoisotopic (exact) mass is 460 g/mol. The molecular formula is C30H52O3. The van der Waals surface area contributed by atoms with Gasteiger partial charge in [-0.05, 0) is 109 Å². The quantitative estimate of drug-likeness (QED) is 0.351. The summed E-state index contributed by atoms with van der Waals surface area (Å²) in [5.74, 6) is 2.73. The van der Waals surface area contributed by atoms with Gasteiger partial charge in [-0.3, -0.25) is 9.59 Å². The van der Waals surface area contributed by atoms with Crippen molar-refractivity contribution in [2.24, 2.45) is 35.0 Å². The topological polar surface area (TPSA) is 43.4 Å². The smallest absolute Gasteiger partial charge is 0.139 e. The molecule has 0 heterocycles. The molecule has 0 aromatic heterocycles. The van der Waals surface area contributed by atoms with Crippen LogP contribution in [0.4, 0.5) is 0 Å². The molecule has 0 unspecified atom stereocenters. The summed E-state index contributed by atoms with van der Waals surface area (Å²) in [6.07, 6.45) is 14.9. The molecule has 0 aromatic carbocycles. The summed E-state index contributed by atoms with van der Waals surface area (Å²) in [6.45, 7) is 13.6. The molecule has 3 heteroatoms. The SMILES string of the molecule is CCC(C)(C)OC1CCC(C(=O)C2CCC(C(=O)C3CCC(C(C)(C)CC)CC3)CC2)CC1. The molecule has 0 radical (unpaired) electrons. The number of ketones is 2. The first kappa shape index (κ1) is 26.9. The summed E-state index contributed by atoms with van der Waals surface area (Å²) in [5, 5.41) is 0. The Morgan fingerprint density at radius 1 is 0.606 bits per heavy atom. The van der Waals surface area contributed by atoms with Crippen LogP contribution in [-0.4, -0.2) is 23.3 Å². The third-order valence-corrected chi connectivity index (χ3v) is 10.1. The number of hydrogen-bond acceptors (Lipinski definition) is 3. The Morgan fingerprint density at radius 2 is 0.970 bits per heavy atom. The van der Waals surface area contributed by atoms with E-state index in [0.717, 1.165) is 76.5 Å². The van der Waals surface area contributed by atoms with Crippen LogP contribution in [0.2, 0.25) is 0 Å². The minimum absolute atomic E-state index is 0.0577. The zero-order valence-electron chi connectivity index (χ0n) is 22.6. The van der Waals surface area contributed by atoms with Crippen molar-refractivity contribution in [3.8, 4) is 0 Å². The van der Waals surface area contributed by atoms with Gasteiger partial charge in [0.2, 0.25) is 0 Å². The third kappa shape index (κ3) is 6.92. The molecule has 190 valence electrons. The van der Waals surface area contributed by atoms with Gasteiger partial charge >= 0.3 is 0 Å². The average molecular weight is 461 g/mol. The van der Waals surface area contributed by atoms with E-state index >= 15 is 0 Å². The summed E-state index contributed by atoms with van der Waals surface area (Å²) in [6, 6.07) is 0. The van der Waals surface area contributed by atoms with Crippen molar-refractivity contribution in [3.63, 3.8) is 0 Å². The lowest BCUT2D eigenvalue weighted by Gasteiger charge is -2.40. The molecule has 3 rings (SSSR count). The maximum atomic E-state index is 13.2. The standard InChI is InChI=1S/C30H52O3/c1-7-29(3,4)25-17-13-23(14-18-25)27(31)21-9-11-22(12-10-21)28(32)24-15-19-26(20-16-24)33-30(5,6)8-2/h21-26H,7-20H2,1-6H3. The molecule has 3 aliphatic carbocycles. The number of Topliss-reactive ketones (excluding diaryl/α,β-unsaturated/α-hetero) is 2. The van der Waals surface area contributed by atoms with Crippen LogP contribution < -0.4 is 0 Å². The number of carbonyl (C=O) groups is 2. The Labute approximate surface area is 204 Å². The van der Waals surface area contributed by atoms with Crippen LogP contribution in [-0.2, 0) is 14.3 Å². The normalized spacial score (nSPS) is 34.1. The van der Waals surface area contributed by atoms with E-state index in [9.17, 15) is 9.59 Å². The minimum atomic E-state index is -0.0577. The highest BCUT2D eigenvalue weighted by Gasteiger charge is 2.39. The third-order valence-electron chi connectivity index (χ3n) is 10.1. The second-order valence-corrected chi connectivity index (χ2v) is 12.9. The Balaban J connectivity index is 1.40. The fourth-order valence-electron chi connectivity index (χ4n) is 6.78. The molecule has 0 spiro atoms. The van der Waals surface area contributed by atoms with Gasteiger partial charge in [-0.1, -0.05) is 34.1 Å². The fraction of sp³-hybridized carbons (Fsp3) is 0.933. The van der Waals surface area contributed by atoms with Crippen molar-refractivity contribution in [1.82, 2.24) is 0 Å². The summed E-state index contributed by atoms with van der Waals surface area (Å²) in [4.78, 5) is 26.4. The highest BCUT2D eigenvalue weighted by molar-refractivity contribution is 5.85. The van der Waals surface area contributed by atoms with Gasteiger partial charge in [-0.2, -0.15) is 0 Å². The van der Waals surface area contributed by atoms with Gasteiger partial charge in [0.15, 0.2) is 0 Å². The minimum Gasteiger partial charge on any atom is -0.372 e. The van der Waals surface area contributed by atoms with Crippen LogP contribution in [0.3, 0.4) is 0 Å². The molecule has 0 atom stereocenters. The van der Waals surface area contributed by atoms with E-state index in [1.807, 2.05) is 0 Å². The van der Waals surface area contributed by atoms with E-state index in [1.165, 1.54) is 19.3 Å². The first-order valence-corrected chi connectivity index (χ1v) is 14.3. The van der Waals surface area contributed by atoms with Crippen molar-refractivity contribution in [2.45, 2.75) is 143 Å². The molecule has 3 saturated carbocycles. The van der Waals surface area contributed by atoms with Crippen molar-refractivity contribution in [2.75, 3.05) is 0 Å². The van der Waals surface area contributed by atoms with Crippen molar-refractivity contribution < 1.29 is 14.3 Å². The summed E-state index contributed by atoms with van der Waals surface area (Å²) in [7, 11) is 0. The zero-order chi connectivity index (χ0) is 24.2. The summed E-state index contributed by atoms with van der Waals surface area (Å²) >= 11 is 0. The van der Waals surface area contributed by atoms with Crippen LogP contribution in [0.15, 0.2) is 0 Å². The predicted octanol–water partition coefficient (Wildman–Crippen LogP) is 7.94. The Hall–Kier alpha value is -0.700. The zero-order valence-corrected chi connectivity index (χ0v) is 22.6. The van der Waals surface area contributed by atoms with E-state index < -0.39 is 0 Å². The van der Waals surface area contributed by atoms with Crippen LogP contribution >= 0.6 is 0 Å². The number of ether oxygens (including phenoxy) is 1. The lowest BCUT2D eigenvalue weighted by atomic mass is 9.65. The van der Waals surface area contributed by atoms with Gasteiger partial charge in [0.1, 0.15) is 11.6 Å². The van der Waals surface area contributed by atoms with Crippen LogP contribution in [0.1, 0.15) is 131 Å². The molecule has 0 aromatic rings. The maximum absolute atomic E-state index is 13.2. The van der Waals surface area contributed by atoms with Crippen LogP contribution in [0.25, 0.3) is 0 Å². The lowest BCUT2D eigenvalue weighted by Crippen LogP contribution is -2.37. The molecule has 33 heavy (non-hydrogen) atoms. The molecule has 0 bridgehead atoms. The largest absolute Gasteiger partial charge is 0.372 e. The van der Waals surface area contributed by atoms with E-state index in [0.29, 0.717) is 23.1 Å². The second-order valence-electron chi connectivity index (χ2n) is 12.9. The van der Waals surface area contributed by atoms with Crippen molar-refractivity contribution in [3.05, 3.63) is 0 Å². The molecule has 3 nitrogen and oxygen atoms in total. The van der Waals surface area contributed by atoms with Crippen LogP contribution in [0.5, 0.6) is 0 Å². The maximum Gasteiger partial charge on any atom is 0.139 e. The molecular weight excluding hydrogens is 408 g/mol. The fourth-order valence-corrected chi connectivity index (χ4v) is 6.78. The number of rotatable bonds is 9. The first-order valence-electron chi connectivity index (χ1n) is 14.3. The molecule has 0 N–H and O–H groups in total. The molecule has 3 aliphatic rings. The lowest BCUT2D eigenvalue weighted by molar-refractivity contribution is -0.135. The van der Waals surface area contributed by atoms with Gasteiger partial charge in [0, 0.05) is 23.7 Å². The average Bonchev–Trinajstić information content (AvgIpc) is 2.83. The Bertz CT molecular complexity index is 639. The number of carbonyl (C=O) groups excluding carboxylic acids is 2. The molecule has 3 fully saturated rings. The van der Waals surface area contributed by atoms with E-state index in [-0.39, 0.29) is 29.3 Å². The highest BCUT2D eigenvalue weighted by atomic mass is 16.5. The highest BCUT2D eigenvalue weighted by Crippen LogP contribution is 2.44. The first-order chi connectivity index (χ1) is 15.6. The second kappa shape index (κ2) is 11.4. The Morgan fingerprint density at radius 3 is 1.33 bits per heavy atom. The summed E-state index contributed by atoms with van der Waals surface area (Å²) < 4.78 is 6.28. The molecule has 0 amide bonds. The summed E-state index contributed by atoms with van der Waals surface area (Å²) in [5.41, 5.74) is 0.349. The molecule has 0 saturated heterocycles. The number of hydrogen-bond donors (Lipinski definition) is 0. The van der Waals surface area contributed by atoms with Gasteiger partial charge in [0.25, 0.3) is 0 Å². The van der Waals surface area contributed by atoms with Gasteiger partial charge in [-0.25, -0.2) is 0 Å². The van der Waals surface area contributed by atoms with E-state index in [2.05, 4.69) is 41.5 Å². The molecule has 0 aliphatic heterocycles. The predicted molar refractivity (Wildman–Crippen MR) is 136 cm³/mol. The van der Waals surface area contributed by atoms with Gasteiger partial charge < -0.3 is 4.74 Å². The van der Waals surface area contributed by atoms with Crippen molar-refractivity contribution >= 4 is 11.6 Å². The Kier molecular flexibility index (Phi) is 9.26. The van der Waals surface area contributed by atoms with E-state index in [4.69, 9.17) is 4.74 Å². The van der Waals surface area contributed by atoms with E-state index in [1.54, 1.807) is 0 Å².